The van der Waals surface area contributed by atoms with Gasteiger partial charge in [0.25, 0.3) is 0 Å². The molecule has 0 saturated carbocycles. The van der Waals surface area contributed by atoms with Crippen LogP contribution < -0.4 is 11.1 Å². The number of nitrogens with zero attached hydrogens (tertiary/aromatic N) is 3. The lowest BCUT2D eigenvalue weighted by Gasteiger charge is -2.34. The number of fused-ring (bicyclic) bond motifs is 1. The smallest absolute Gasteiger partial charge is 0.231 e. The molecule has 6 nitrogen and oxygen atoms in total. The minimum atomic E-state index is -0.307. The van der Waals surface area contributed by atoms with Gasteiger partial charge in [0.1, 0.15) is 0 Å². The number of nitrogens with one attached hydrogen (secondary N) is 1. The van der Waals surface area contributed by atoms with Gasteiger partial charge in [0.15, 0.2) is 0 Å². The van der Waals surface area contributed by atoms with Crippen LogP contribution in [0.25, 0.3) is 0 Å². The fourth-order valence-corrected chi connectivity index (χ4v) is 4.25. The van der Waals surface area contributed by atoms with Crippen molar-refractivity contribution in [1.82, 2.24) is 20.2 Å². The number of primary amides is 1. The minimum absolute atomic E-state index is 0. The summed E-state index contributed by atoms with van der Waals surface area (Å²) in [5, 5.41) is 3.42. The van der Waals surface area contributed by atoms with Crippen molar-refractivity contribution < 1.29 is 4.79 Å². The van der Waals surface area contributed by atoms with Gasteiger partial charge in [0, 0.05) is 32.0 Å². The lowest BCUT2D eigenvalue weighted by atomic mass is 9.90. The highest BCUT2D eigenvalue weighted by Gasteiger charge is 2.28. The molecule has 4 rings (SSSR count). The first kappa shape index (κ1) is 24.0. The van der Waals surface area contributed by atoms with Gasteiger partial charge < -0.3 is 11.1 Å². The van der Waals surface area contributed by atoms with Crippen molar-refractivity contribution in [3.63, 3.8) is 0 Å². The molecule has 0 radical (unpaired) electrons. The lowest BCUT2D eigenvalue weighted by Crippen LogP contribution is -2.38. The second kappa shape index (κ2) is 11.9. The first-order valence-electron chi connectivity index (χ1n) is 10.8. The molecule has 1 unspecified atom stereocenters. The molecule has 0 fully saturated rings. The standard InChI is InChI=1S/C25H29N5O.BrH/c26-24(31)18-30(23-8-3-5-21-6-4-14-29-25(21)23)17-20-11-9-19(10-12-20)15-27-16-22-7-1-2-13-28-22;/h1-2,4,6-7,9-14,23,27H,3,5,8,15-18H2,(H2,26,31);1H. The molecule has 1 amide bonds. The molecule has 1 aliphatic carbocycles. The molecule has 1 atom stereocenters. The number of hydrogen-bond donors (Lipinski definition) is 2. The summed E-state index contributed by atoms with van der Waals surface area (Å²) >= 11 is 0. The quantitative estimate of drug-likeness (QED) is 0.472. The van der Waals surface area contributed by atoms with E-state index in [-0.39, 0.29) is 35.5 Å². The Balaban J connectivity index is 0.00000289. The summed E-state index contributed by atoms with van der Waals surface area (Å²) in [4.78, 5) is 22.9. The number of halogens is 1. The number of nitrogens with two attached hydrogens (primary N) is 1. The van der Waals surface area contributed by atoms with E-state index in [2.05, 4.69) is 50.5 Å². The van der Waals surface area contributed by atoms with E-state index in [1.54, 1.807) is 0 Å². The van der Waals surface area contributed by atoms with Crippen LogP contribution in [-0.2, 0) is 30.8 Å². The number of aromatic nitrogens is 2. The summed E-state index contributed by atoms with van der Waals surface area (Å²) in [6, 6.07) is 18.7. The van der Waals surface area contributed by atoms with Crippen molar-refractivity contribution in [3.05, 3.63) is 95.1 Å². The molecule has 1 aromatic carbocycles. The Morgan fingerprint density at radius 3 is 2.53 bits per heavy atom. The summed E-state index contributed by atoms with van der Waals surface area (Å²) in [6.45, 7) is 2.42. The Labute approximate surface area is 200 Å². The van der Waals surface area contributed by atoms with Gasteiger partial charge in [-0.2, -0.15) is 0 Å². The van der Waals surface area contributed by atoms with Crippen molar-refractivity contribution in [1.29, 1.82) is 0 Å². The van der Waals surface area contributed by atoms with Crippen LogP contribution in [-0.4, -0.2) is 27.3 Å². The predicted molar refractivity (Wildman–Crippen MR) is 131 cm³/mol. The van der Waals surface area contributed by atoms with Gasteiger partial charge in [-0.1, -0.05) is 36.4 Å². The maximum absolute atomic E-state index is 11.8. The minimum Gasteiger partial charge on any atom is -0.369 e. The molecule has 1 aliphatic rings. The van der Waals surface area contributed by atoms with Gasteiger partial charge in [-0.3, -0.25) is 19.7 Å². The first-order valence-corrected chi connectivity index (χ1v) is 10.8. The Morgan fingerprint density at radius 2 is 1.78 bits per heavy atom. The second-order valence-corrected chi connectivity index (χ2v) is 8.07. The maximum Gasteiger partial charge on any atom is 0.231 e. The van der Waals surface area contributed by atoms with Crippen LogP contribution >= 0.6 is 17.0 Å². The molecule has 0 saturated heterocycles. The van der Waals surface area contributed by atoms with Gasteiger partial charge >= 0.3 is 0 Å². The molecule has 32 heavy (non-hydrogen) atoms. The van der Waals surface area contributed by atoms with Crippen LogP contribution in [0.5, 0.6) is 0 Å². The second-order valence-electron chi connectivity index (χ2n) is 8.07. The number of pyridine rings is 2. The Morgan fingerprint density at radius 1 is 1.00 bits per heavy atom. The maximum atomic E-state index is 11.8. The highest BCUT2D eigenvalue weighted by Crippen LogP contribution is 2.33. The van der Waals surface area contributed by atoms with Crippen LogP contribution in [0.4, 0.5) is 0 Å². The Hall–Kier alpha value is -2.61. The molecule has 0 aliphatic heterocycles. The fourth-order valence-electron chi connectivity index (χ4n) is 4.25. The molecule has 0 spiro atoms. The summed E-state index contributed by atoms with van der Waals surface area (Å²) in [6.07, 6.45) is 6.78. The monoisotopic (exact) mass is 495 g/mol. The SMILES string of the molecule is Br.NC(=O)CN(Cc1ccc(CNCc2ccccn2)cc1)C1CCCc2cccnc21. The molecule has 7 heteroatoms. The topological polar surface area (TPSA) is 84.1 Å². The average Bonchev–Trinajstić information content (AvgIpc) is 2.80. The number of hydrogen-bond acceptors (Lipinski definition) is 5. The number of carbonyl (C=O) groups is 1. The van der Waals surface area contributed by atoms with E-state index in [1.165, 1.54) is 11.1 Å². The molecule has 2 heterocycles. The lowest BCUT2D eigenvalue weighted by molar-refractivity contribution is -0.120. The van der Waals surface area contributed by atoms with Crippen molar-refractivity contribution in [2.24, 2.45) is 5.73 Å². The van der Waals surface area contributed by atoms with Crippen LogP contribution in [0, 0.1) is 0 Å². The van der Waals surface area contributed by atoms with Crippen LogP contribution in [0.1, 0.15) is 47.0 Å². The number of benzene rings is 1. The third-order valence-electron chi connectivity index (χ3n) is 5.74. The number of aryl methyl sites for hydroxylation is 1. The zero-order chi connectivity index (χ0) is 21.5. The van der Waals surface area contributed by atoms with Gasteiger partial charge in [-0.25, -0.2) is 0 Å². The summed E-state index contributed by atoms with van der Waals surface area (Å²) < 4.78 is 0. The van der Waals surface area contributed by atoms with Gasteiger partial charge in [0.2, 0.25) is 5.91 Å². The summed E-state index contributed by atoms with van der Waals surface area (Å²) in [7, 11) is 0. The van der Waals surface area contributed by atoms with E-state index in [1.807, 2.05) is 36.7 Å². The highest BCUT2D eigenvalue weighted by molar-refractivity contribution is 8.93. The van der Waals surface area contributed by atoms with E-state index in [0.29, 0.717) is 6.54 Å². The van der Waals surface area contributed by atoms with Crippen LogP contribution in [0.2, 0.25) is 0 Å². The molecular formula is C25H30BrN5O. The number of carbonyl (C=O) groups excluding carboxylic acids is 1. The van der Waals surface area contributed by atoms with Crippen molar-refractivity contribution in [2.75, 3.05) is 6.54 Å². The summed E-state index contributed by atoms with van der Waals surface area (Å²) in [5.41, 5.74) is 11.4. The van der Waals surface area contributed by atoms with E-state index >= 15 is 0 Å². The number of rotatable bonds is 9. The molecule has 0 bridgehead atoms. The van der Waals surface area contributed by atoms with E-state index in [9.17, 15) is 4.79 Å². The highest BCUT2D eigenvalue weighted by atomic mass is 79.9. The van der Waals surface area contributed by atoms with E-state index in [0.717, 1.165) is 49.3 Å². The normalized spacial score (nSPS) is 15.1. The predicted octanol–water partition coefficient (Wildman–Crippen LogP) is 3.71. The summed E-state index contributed by atoms with van der Waals surface area (Å²) in [5.74, 6) is -0.307. The van der Waals surface area contributed by atoms with Gasteiger partial charge in [0.05, 0.1) is 24.0 Å². The van der Waals surface area contributed by atoms with Crippen molar-refractivity contribution in [3.8, 4) is 0 Å². The largest absolute Gasteiger partial charge is 0.369 e. The van der Waals surface area contributed by atoms with Gasteiger partial charge in [-0.05, 0) is 54.2 Å². The third kappa shape index (κ3) is 6.45. The van der Waals surface area contributed by atoms with E-state index in [4.69, 9.17) is 5.73 Å². The van der Waals surface area contributed by atoms with Crippen molar-refractivity contribution in [2.45, 2.75) is 44.9 Å². The van der Waals surface area contributed by atoms with Crippen LogP contribution in [0.15, 0.2) is 67.0 Å². The van der Waals surface area contributed by atoms with E-state index < -0.39 is 0 Å². The zero-order valence-electron chi connectivity index (χ0n) is 18.1. The third-order valence-corrected chi connectivity index (χ3v) is 5.74. The number of amides is 1. The molecule has 3 N–H and O–H groups in total. The molecule has 2 aromatic heterocycles. The van der Waals surface area contributed by atoms with Crippen LogP contribution in [0.3, 0.4) is 0 Å². The Kier molecular flexibility index (Phi) is 8.90. The Bertz CT molecular complexity index is 997. The average molecular weight is 496 g/mol. The zero-order valence-corrected chi connectivity index (χ0v) is 19.8. The fraction of sp³-hybridized carbons (Fsp3) is 0.320. The molecule has 168 valence electrons. The molecule has 3 aromatic rings. The van der Waals surface area contributed by atoms with Gasteiger partial charge in [-0.15, -0.1) is 17.0 Å². The van der Waals surface area contributed by atoms with Crippen molar-refractivity contribution >= 4 is 22.9 Å². The molecular weight excluding hydrogens is 466 g/mol. The first-order chi connectivity index (χ1) is 15.2.